The van der Waals surface area contributed by atoms with E-state index in [9.17, 15) is 10.0 Å². The maximum absolute atomic E-state index is 12.3. The Morgan fingerprint density at radius 3 is 1.95 bits per heavy atom. The van der Waals surface area contributed by atoms with Crippen LogP contribution in [0, 0.1) is 5.21 Å². The molecule has 1 aliphatic rings. The highest BCUT2D eigenvalue weighted by Gasteiger charge is 2.35. The highest BCUT2D eigenvalue weighted by molar-refractivity contribution is 6.72. The van der Waals surface area contributed by atoms with Crippen molar-refractivity contribution in [3.8, 4) is 0 Å². The minimum atomic E-state index is -0.340. The molecule has 0 amide bonds. The zero-order valence-corrected chi connectivity index (χ0v) is 9.98. The fourth-order valence-electron chi connectivity index (χ4n) is 2.01. The molecule has 2 aromatic carbocycles. The topological polar surface area (TPSA) is 55.5 Å². The molecule has 0 spiro atoms. The van der Waals surface area contributed by atoms with Crippen molar-refractivity contribution >= 4 is 17.2 Å². The molecule has 19 heavy (non-hydrogen) atoms. The summed E-state index contributed by atoms with van der Waals surface area (Å²) >= 11 is 0. The van der Waals surface area contributed by atoms with Gasteiger partial charge in [-0.3, -0.25) is 4.79 Å². The van der Waals surface area contributed by atoms with Crippen LogP contribution < -0.4 is 0 Å². The highest BCUT2D eigenvalue weighted by Crippen LogP contribution is 2.13. The molecule has 0 aliphatic carbocycles. The largest absolute Gasteiger partial charge is 0.594 e. The fourth-order valence-corrected chi connectivity index (χ4v) is 2.01. The van der Waals surface area contributed by atoms with Gasteiger partial charge < -0.3 is 5.21 Å². The van der Waals surface area contributed by atoms with Gasteiger partial charge in [0.05, 0.1) is 5.56 Å². The SMILES string of the molecule is O=C1C(c2ccccc2)=N[N+]([O-])=C1c1ccccc1. The quantitative estimate of drug-likeness (QED) is 0.604. The highest BCUT2D eigenvalue weighted by atomic mass is 16.5. The molecule has 0 saturated carbocycles. The van der Waals surface area contributed by atoms with Crippen LogP contribution in [-0.2, 0) is 4.79 Å². The molecule has 92 valence electrons. The molecule has 1 aliphatic heterocycles. The molecule has 4 heteroatoms. The lowest BCUT2D eigenvalue weighted by Crippen LogP contribution is -2.23. The number of hydrogen-bond acceptors (Lipinski definition) is 3. The number of benzene rings is 2. The van der Waals surface area contributed by atoms with Crippen LogP contribution in [0.25, 0.3) is 0 Å². The van der Waals surface area contributed by atoms with Crippen LogP contribution in [0.15, 0.2) is 65.8 Å². The van der Waals surface area contributed by atoms with Gasteiger partial charge in [-0.05, 0) is 17.0 Å². The maximum atomic E-state index is 12.3. The number of rotatable bonds is 2. The normalized spacial score (nSPS) is 14.7. The standard InChI is InChI=1S/C15H10N2O2/c18-15-13(11-7-3-1-4-8-11)16-17(19)14(15)12-9-5-2-6-10-12/h1-10H. The Bertz CT molecular complexity index is 689. The number of carbonyl (C=O) groups is 1. The second-order valence-corrected chi connectivity index (χ2v) is 4.13. The van der Waals surface area contributed by atoms with Gasteiger partial charge in [0, 0.05) is 10.7 Å². The van der Waals surface area contributed by atoms with Gasteiger partial charge in [0.25, 0.3) is 5.78 Å². The van der Waals surface area contributed by atoms with Crippen LogP contribution in [0.1, 0.15) is 11.1 Å². The third-order valence-corrected chi connectivity index (χ3v) is 2.91. The van der Waals surface area contributed by atoms with Crippen LogP contribution in [-0.4, -0.2) is 22.1 Å². The molecule has 0 fully saturated rings. The molecule has 0 saturated heterocycles. The van der Waals surface area contributed by atoms with E-state index in [4.69, 9.17) is 0 Å². The first-order valence-electron chi connectivity index (χ1n) is 5.86. The van der Waals surface area contributed by atoms with Crippen LogP contribution in [0.2, 0.25) is 0 Å². The summed E-state index contributed by atoms with van der Waals surface area (Å²) in [4.78, 5) is 12.7. The molecule has 0 aromatic heterocycles. The summed E-state index contributed by atoms with van der Waals surface area (Å²) in [7, 11) is 0. The fraction of sp³-hybridized carbons (Fsp3) is 0. The summed E-state index contributed by atoms with van der Waals surface area (Å²) in [5.41, 5.74) is 1.49. The summed E-state index contributed by atoms with van der Waals surface area (Å²) in [6.45, 7) is 0. The number of hydrazone groups is 1. The molecule has 0 unspecified atom stereocenters. The molecular formula is C15H10N2O2. The average Bonchev–Trinajstić information content (AvgIpc) is 2.76. The lowest BCUT2D eigenvalue weighted by molar-refractivity contribution is -0.458. The molecule has 3 rings (SSSR count). The molecule has 0 N–H and O–H groups in total. The second kappa shape index (κ2) is 4.49. The number of ketones is 1. The van der Waals surface area contributed by atoms with Gasteiger partial charge in [-0.25, -0.2) is 0 Å². The Balaban J connectivity index is 2.02. The van der Waals surface area contributed by atoms with Crippen LogP contribution >= 0.6 is 0 Å². The summed E-state index contributed by atoms with van der Waals surface area (Å²) in [6.07, 6.45) is 0. The molecule has 2 aromatic rings. The van der Waals surface area contributed by atoms with Gasteiger partial charge in [-0.2, -0.15) is 0 Å². The Morgan fingerprint density at radius 2 is 1.37 bits per heavy atom. The molecule has 0 radical (unpaired) electrons. The predicted molar refractivity (Wildman–Crippen MR) is 72.2 cm³/mol. The Labute approximate surface area is 109 Å². The van der Waals surface area contributed by atoms with Crippen molar-refractivity contribution in [2.24, 2.45) is 5.10 Å². The molecule has 1 heterocycles. The zero-order valence-electron chi connectivity index (χ0n) is 9.98. The number of carbonyl (C=O) groups excluding carboxylic acids is 1. The molecule has 4 nitrogen and oxygen atoms in total. The van der Waals surface area contributed by atoms with E-state index in [2.05, 4.69) is 5.10 Å². The van der Waals surface area contributed by atoms with Crippen LogP contribution in [0.4, 0.5) is 0 Å². The van der Waals surface area contributed by atoms with Crippen molar-refractivity contribution < 1.29 is 9.64 Å². The molecular weight excluding hydrogens is 240 g/mol. The third kappa shape index (κ3) is 1.93. The van der Waals surface area contributed by atoms with Crippen LogP contribution in [0.5, 0.6) is 0 Å². The van der Waals surface area contributed by atoms with Crippen LogP contribution in [0.3, 0.4) is 0 Å². The minimum absolute atomic E-state index is 0.0689. The number of hydrogen-bond donors (Lipinski definition) is 0. The van der Waals surface area contributed by atoms with Gasteiger partial charge in [0.2, 0.25) is 0 Å². The molecule has 0 bridgehead atoms. The smallest absolute Gasteiger partial charge is 0.301 e. The lowest BCUT2D eigenvalue weighted by Gasteiger charge is -1.97. The van der Waals surface area contributed by atoms with Gasteiger partial charge in [-0.1, -0.05) is 48.5 Å². The third-order valence-electron chi connectivity index (χ3n) is 2.91. The summed E-state index contributed by atoms with van der Waals surface area (Å²) in [5.74, 6) is -0.340. The van der Waals surface area contributed by atoms with E-state index in [1.807, 2.05) is 12.1 Å². The van der Waals surface area contributed by atoms with Gasteiger partial charge in [0.1, 0.15) is 0 Å². The van der Waals surface area contributed by atoms with E-state index >= 15 is 0 Å². The first-order chi connectivity index (χ1) is 9.27. The van der Waals surface area contributed by atoms with Crippen molar-refractivity contribution in [3.05, 3.63) is 77.0 Å². The zero-order chi connectivity index (χ0) is 13.2. The Morgan fingerprint density at radius 1 is 0.842 bits per heavy atom. The average molecular weight is 250 g/mol. The first-order valence-corrected chi connectivity index (χ1v) is 5.86. The summed E-state index contributed by atoms with van der Waals surface area (Å²) in [5, 5.41) is 15.6. The van der Waals surface area contributed by atoms with E-state index in [-0.39, 0.29) is 17.2 Å². The number of Topliss-reactive ketones (excluding diaryl/α,β-unsaturated/α-hetero) is 1. The maximum Gasteiger partial charge on any atom is 0.301 e. The second-order valence-electron chi connectivity index (χ2n) is 4.13. The van der Waals surface area contributed by atoms with Crippen molar-refractivity contribution in [2.75, 3.05) is 0 Å². The van der Waals surface area contributed by atoms with E-state index in [0.717, 1.165) is 0 Å². The van der Waals surface area contributed by atoms with Crippen molar-refractivity contribution in [3.63, 3.8) is 0 Å². The summed E-state index contributed by atoms with van der Waals surface area (Å²) in [6, 6.07) is 17.8. The van der Waals surface area contributed by atoms with E-state index in [1.54, 1.807) is 48.5 Å². The van der Waals surface area contributed by atoms with Crippen molar-refractivity contribution in [1.82, 2.24) is 0 Å². The van der Waals surface area contributed by atoms with Gasteiger partial charge >= 0.3 is 5.71 Å². The van der Waals surface area contributed by atoms with E-state index in [0.29, 0.717) is 16.0 Å². The Kier molecular flexibility index (Phi) is 2.68. The van der Waals surface area contributed by atoms with Crippen molar-refractivity contribution in [1.29, 1.82) is 0 Å². The molecule has 0 atom stereocenters. The van der Waals surface area contributed by atoms with E-state index in [1.165, 1.54) is 0 Å². The van der Waals surface area contributed by atoms with Gasteiger partial charge in [-0.15, -0.1) is 0 Å². The Hall–Kier alpha value is -2.75. The van der Waals surface area contributed by atoms with Crippen molar-refractivity contribution in [2.45, 2.75) is 0 Å². The first kappa shape index (κ1) is 11.3. The number of nitrogens with zero attached hydrogens (tertiary/aromatic N) is 2. The summed E-state index contributed by atoms with van der Waals surface area (Å²) < 4.78 is 0. The minimum Gasteiger partial charge on any atom is -0.594 e. The lowest BCUT2D eigenvalue weighted by atomic mass is 10.00. The van der Waals surface area contributed by atoms with E-state index < -0.39 is 0 Å². The predicted octanol–water partition coefficient (Wildman–Crippen LogP) is 1.97. The monoisotopic (exact) mass is 250 g/mol. The van der Waals surface area contributed by atoms with Gasteiger partial charge in [0.15, 0.2) is 5.71 Å².